The van der Waals surface area contributed by atoms with Gasteiger partial charge in [0, 0.05) is 5.56 Å². The Bertz CT molecular complexity index is 900. The van der Waals surface area contributed by atoms with Crippen LogP contribution in [0.15, 0.2) is 34.7 Å². The third kappa shape index (κ3) is 4.04. The molecule has 0 N–H and O–H groups in total. The van der Waals surface area contributed by atoms with Gasteiger partial charge in [-0.2, -0.15) is 0 Å². The molecule has 0 radical (unpaired) electrons. The van der Waals surface area contributed by atoms with E-state index in [-0.39, 0.29) is 18.4 Å². The summed E-state index contributed by atoms with van der Waals surface area (Å²) in [7, 11) is 4.59. The summed E-state index contributed by atoms with van der Waals surface area (Å²) in [6.07, 6.45) is 0. The molecule has 0 spiro atoms. The first kappa shape index (κ1) is 19.1. The lowest BCUT2D eigenvalue weighted by Gasteiger charge is -2.12. The highest BCUT2D eigenvalue weighted by Crippen LogP contribution is 2.41. The Kier molecular flexibility index (Phi) is 5.93. The summed E-state index contributed by atoms with van der Waals surface area (Å²) in [5.41, 5.74) is 0.610. The summed E-state index contributed by atoms with van der Waals surface area (Å²) < 4.78 is 27.2. The molecule has 7 nitrogen and oxygen atoms in total. The van der Waals surface area contributed by atoms with Crippen molar-refractivity contribution in [3.8, 4) is 34.5 Å². The number of nitrogens with zero attached hydrogens (tertiary/aromatic N) is 2. The molecule has 3 aromatic rings. The lowest BCUT2D eigenvalue weighted by atomic mass is 10.2. The van der Waals surface area contributed by atoms with E-state index in [9.17, 15) is 0 Å². The van der Waals surface area contributed by atoms with Crippen LogP contribution in [-0.2, 0) is 6.61 Å². The molecule has 0 aliphatic carbocycles. The number of hydrogen-bond donors (Lipinski definition) is 0. The van der Waals surface area contributed by atoms with Crippen molar-refractivity contribution in [1.29, 1.82) is 0 Å². The van der Waals surface area contributed by atoms with Crippen molar-refractivity contribution < 1.29 is 23.4 Å². The molecular formula is C18H16Cl2N2O5. The molecule has 0 amide bonds. The zero-order valence-electron chi connectivity index (χ0n) is 14.8. The van der Waals surface area contributed by atoms with Crippen LogP contribution in [0.2, 0.25) is 10.0 Å². The summed E-state index contributed by atoms with van der Waals surface area (Å²) in [6, 6.07) is 8.51. The number of halogens is 2. The standard InChI is InChI=1S/C18H16Cl2N2O5/c1-23-13-7-10(8-14(24-2)17(13)25-3)18-22-21-15(27-18)9-26-16-11(19)5-4-6-12(16)20/h4-8H,9H2,1-3H3. The van der Waals surface area contributed by atoms with E-state index < -0.39 is 0 Å². The number of rotatable bonds is 7. The van der Waals surface area contributed by atoms with Gasteiger partial charge < -0.3 is 23.4 Å². The molecule has 27 heavy (non-hydrogen) atoms. The second-order valence-electron chi connectivity index (χ2n) is 5.25. The summed E-state index contributed by atoms with van der Waals surface area (Å²) in [6.45, 7) is 0.0148. The molecule has 142 valence electrons. The lowest BCUT2D eigenvalue weighted by molar-refractivity contribution is 0.265. The Labute approximate surface area is 165 Å². The lowest BCUT2D eigenvalue weighted by Crippen LogP contribution is -1.97. The fraction of sp³-hybridized carbons (Fsp3) is 0.222. The highest BCUT2D eigenvalue weighted by atomic mass is 35.5. The maximum absolute atomic E-state index is 6.08. The van der Waals surface area contributed by atoms with Crippen molar-refractivity contribution in [2.45, 2.75) is 6.61 Å². The molecule has 0 saturated heterocycles. The smallest absolute Gasteiger partial charge is 0.254 e. The highest BCUT2D eigenvalue weighted by Gasteiger charge is 2.18. The van der Waals surface area contributed by atoms with Crippen LogP contribution in [0.5, 0.6) is 23.0 Å². The molecule has 3 rings (SSSR count). The molecule has 9 heteroatoms. The van der Waals surface area contributed by atoms with Crippen molar-refractivity contribution in [2.24, 2.45) is 0 Å². The Morgan fingerprint density at radius 3 is 2.07 bits per heavy atom. The molecule has 0 bridgehead atoms. The van der Waals surface area contributed by atoms with Crippen molar-refractivity contribution in [3.63, 3.8) is 0 Å². The van der Waals surface area contributed by atoms with Crippen LogP contribution < -0.4 is 18.9 Å². The average molecular weight is 411 g/mol. The summed E-state index contributed by atoms with van der Waals surface area (Å²) in [4.78, 5) is 0. The number of aromatic nitrogens is 2. The van der Waals surface area contributed by atoms with Crippen LogP contribution in [-0.4, -0.2) is 31.5 Å². The number of ether oxygens (including phenoxy) is 4. The molecule has 1 heterocycles. The minimum Gasteiger partial charge on any atom is -0.493 e. The van der Waals surface area contributed by atoms with E-state index >= 15 is 0 Å². The summed E-state index contributed by atoms with van der Waals surface area (Å²) >= 11 is 12.2. The van der Waals surface area contributed by atoms with Gasteiger partial charge in [0.1, 0.15) is 0 Å². The van der Waals surface area contributed by atoms with Crippen LogP contribution in [0.25, 0.3) is 11.5 Å². The van der Waals surface area contributed by atoms with Gasteiger partial charge in [-0.1, -0.05) is 29.3 Å². The van der Waals surface area contributed by atoms with E-state index in [2.05, 4.69) is 10.2 Å². The van der Waals surface area contributed by atoms with Crippen LogP contribution >= 0.6 is 23.2 Å². The third-order valence-electron chi connectivity index (χ3n) is 3.64. The van der Waals surface area contributed by atoms with Crippen molar-refractivity contribution in [3.05, 3.63) is 46.3 Å². The van der Waals surface area contributed by atoms with Gasteiger partial charge in [-0.25, -0.2) is 0 Å². The highest BCUT2D eigenvalue weighted by molar-refractivity contribution is 6.37. The quantitative estimate of drug-likeness (QED) is 0.560. The van der Waals surface area contributed by atoms with Gasteiger partial charge in [-0.05, 0) is 24.3 Å². The Morgan fingerprint density at radius 2 is 1.52 bits per heavy atom. The van der Waals surface area contributed by atoms with Crippen molar-refractivity contribution >= 4 is 23.2 Å². The summed E-state index contributed by atoms with van der Waals surface area (Å²) in [5, 5.41) is 8.81. The Hall–Kier alpha value is -2.64. The number of methoxy groups -OCH3 is 3. The van der Waals surface area contributed by atoms with Gasteiger partial charge in [-0.15, -0.1) is 10.2 Å². The molecule has 0 fully saturated rings. The van der Waals surface area contributed by atoms with Crippen LogP contribution in [0.1, 0.15) is 5.89 Å². The van der Waals surface area contributed by atoms with Crippen LogP contribution in [0.3, 0.4) is 0 Å². The second-order valence-corrected chi connectivity index (χ2v) is 6.07. The fourth-order valence-electron chi connectivity index (χ4n) is 2.39. The van der Waals surface area contributed by atoms with Gasteiger partial charge in [0.15, 0.2) is 23.9 Å². The zero-order valence-corrected chi connectivity index (χ0v) is 16.3. The first-order valence-corrected chi connectivity index (χ1v) is 8.52. The second kappa shape index (κ2) is 8.37. The third-order valence-corrected chi connectivity index (χ3v) is 4.23. The number of benzene rings is 2. The monoisotopic (exact) mass is 410 g/mol. The zero-order chi connectivity index (χ0) is 19.4. The van der Waals surface area contributed by atoms with Crippen molar-refractivity contribution in [2.75, 3.05) is 21.3 Å². The predicted octanol–water partition coefficient (Wildman–Crippen LogP) is 4.65. The van der Waals surface area contributed by atoms with E-state index in [1.54, 1.807) is 30.3 Å². The van der Waals surface area contributed by atoms with E-state index in [1.165, 1.54) is 21.3 Å². The van der Waals surface area contributed by atoms with E-state index in [0.29, 0.717) is 38.6 Å². The van der Waals surface area contributed by atoms with E-state index in [0.717, 1.165) is 0 Å². The first-order chi connectivity index (χ1) is 13.1. The molecule has 0 saturated carbocycles. The number of hydrogen-bond acceptors (Lipinski definition) is 7. The molecule has 0 aliphatic rings. The normalized spacial score (nSPS) is 10.6. The minimum atomic E-state index is 0.0148. The topological polar surface area (TPSA) is 75.8 Å². The van der Waals surface area contributed by atoms with Gasteiger partial charge in [0.2, 0.25) is 11.6 Å². The Balaban J connectivity index is 1.83. The number of para-hydroxylation sites is 1. The maximum atomic E-state index is 6.08. The van der Waals surface area contributed by atoms with Gasteiger partial charge >= 0.3 is 0 Å². The molecule has 2 aromatic carbocycles. The van der Waals surface area contributed by atoms with E-state index in [1.807, 2.05) is 0 Å². The molecule has 0 atom stereocenters. The van der Waals surface area contributed by atoms with Gasteiger partial charge in [0.25, 0.3) is 5.89 Å². The minimum absolute atomic E-state index is 0.0148. The van der Waals surface area contributed by atoms with Gasteiger partial charge in [-0.3, -0.25) is 0 Å². The van der Waals surface area contributed by atoms with Crippen LogP contribution in [0.4, 0.5) is 0 Å². The molecule has 0 aliphatic heterocycles. The predicted molar refractivity (Wildman–Crippen MR) is 100 cm³/mol. The Morgan fingerprint density at radius 1 is 0.889 bits per heavy atom. The van der Waals surface area contributed by atoms with E-state index in [4.69, 9.17) is 46.6 Å². The van der Waals surface area contributed by atoms with Crippen LogP contribution in [0, 0.1) is 0 Å². The summed E-state index contributed by atoms with van der Waals surface area (Å²) in [5.74, 6) is 2.32. The molecule has 1 aromatic heterocycles. The van der Waals surface area contributed by atoms with Gasteiger partial charge in [0.05, 0.1) is 31.4 Å². The van der Waals surface area contributed by atoms with Crippen molar-refractivity contribution in [1.82, 2.24) is 10.2 Å². The molecule has 0 unspecified atom stereocenters. The first-order valence-electron chi connectivity index (χ1n) is 7.77. The average Bonchev–Trinajstić information content (AvgIpc) is 3.15. The molecular weight excluding hydrogens is 395 g/mol. The SMILES string of the molecule is COc1cc(-c2nnc(COc3c(Cl)cccc3Cl)o2)cc(OC)c1OC. The fourth-order valence-corrected chi connectivity index (χ4v) is 2.89. The largest absolute Gasteiger partial charge is 0.493 e. The maximum Gasteiger partial charge on any atom is 0.254 e.